The maximum Gasteiger partial charge on any atom is 0.297 e. The molecule has 0 atom stereocenters. The molecule has 0 saturated heterocycles. The Kier molecular flexibility index (Phi) is 14.8. The number of rotatable bonds is 20. The van der Waals surface area contributed by atoms with E-state index in [0.29, 0.717) is 36.9 Å². The number of unbranched alkanes of at least 4 members (excludes halogenated alkanes) is 9. The van der Waals surface area contributed by atoms with Gasteiger partial charge < -0.3 is 19.4 Å². The quantitative estimate of drug-likeness (QED) is 0.108. The number of aryl methyl sites for hydroxylation is 1. The van der Waals surface area contributed by atoms with Gasteiger partial charge in [0.2, 0.25) is 11.7 Å². The normalized spacial score (nSPS) is 11.3. The highest BCUT2D eigenvalue weighted by atomic mass is 16.5. The van der Waals surface area contributed by atoms with Crippen molar-refractivity contribution in [2.24, 2.45) is 0 Å². The Balaban J connectivity index is 1.92. The van der Waals surface area contributed by atoms with Crippen molar-refractivity contribution >= 4 is 28.6 Å². The molecule has 3 aromatic rings. The number of amides is 1. The second-order valence-electron chi connectivity index (χ2n) is 11.0. The van der Waals surface area contributed by atoms with E-state index in [1.807, 2.05) is 53.1 Å². The van der Waals surface area contributed by atoms with Crippen molar-refractivity contribution < 1.29 is 14.3 Å². The zero-order valence-electron chi connectivity index (χ0n) is 26.0. The molecule has 6 heteroatoms. The predicted octanol–water partition coefficient (Wildman–Crippen LogP) is 9.15. The van der Waals surface area contributed by atoms with Crippen LogP contribution in [0.15, 0.2) is 59.4 Å². The van der Waals surface area contributed by atoms with Crippen LogP contribution in [0.25, 0.3) is 17.0 Å². The van der Waals surface area contributed by atoms with E-state index in [1.54, 1.807) is 6.08 Å². The summed E-state index contributed by atoms with van der Waals surface area (Å²) in [5.74, 6) is 0.597. The minimum atomic E-state index is -0.228. The van der Waals surface area contributed by atoms with Crippen LogP contribution in [0, 0.1) is 0 Å². The Morgan fingerprint density at radius 3 is 2.14 bits per heavy atom. The fraction of sp³-hybridized carbons (Fsp3) is 0.500. The van der Waals surface area contributed by atoms with Gasteiger partial charge in [-0.3, -0.25) is 9.59 Å². The first-order valence-corrected chi connectivity index (χ1v) is 16.1. The zero-order valence-corrected chi connectivity index (χ0v) is 26.0. The molecule has 0 radical (unpaired) electrons. The van der Waals surface area contributed by atoms with Gasteiger partial charge in [-0.25, -0.2) is 0 Å². The highest BCUT2D eigenvalue weighted by molar-refractivity contribution is 6.03. The van der Waals surface area contributed by atoms with Crippen LogP contribution >= 0.6 is 0 Å². The zero-order chi connectivity index (χ0) is 30.0. The fourth-order valence-electron chi connectivity index (χ4n) is 4.96. The monoisotopic (exact) mass is 574 g/mol. The van der Waals surface area contributed by atoms with Crippen LogP contribution < -0.4 is 20.3 Å². The van der Waals surface area contributed by atoms with E-state index < -0.39 is 0 Å². The van der Waals surface area contributed by atoms with Crippen molar-refractivity contribution in [3.05, 3.63) is 70.5 Å². The third kappa shape index (κ3) is 10.4. The standard InChI is InChI=1S/C36H50N2O4/c1-4-7-10-12-13-18-27-42-35-34(41-26-9-6-3)31-23-22-30(37-33(39)24-21-29-19-15-14-16-20-29)28-32(31)38(36(35)40)25-17-11-8-5-2/h14-16,19-24,28H,4-13,17-18,25-27H2,1-3H3,(H,37,39). The summed E-state index contributed by atoms with van der Waals surface area (Å²) in [5.41, 5.74) is 2.17. The molecule has 6 nitrogen and oxygen atoms in total. The number of pyridine rings is 1. The van der Waals surface area contributed by atoms with Crippen molar-refractivity contribution in [1.29, 1.82) is 0 Å². The number of nitrogens with zero attached hydrogens (tertiary/aromatic N) is 1. The van der Waals surface area contributed by atoms with Gasteiger partial charge in [-0.2, -0.15) is 0 Å². The first-order chi connectivity index (χ1) is 20.6. The van der Waals surface area contributed by atoms with Crippen LogP contribution in [-0.2, 0) is 11.3 Å². The SMILES string of the molecule is CCCCCCCCOc1c(OCCCC)c2ccc(NC(=O)C=Cc3ccccc3)cc2n(CCCCCC)c1=O. The Bertz CT molecular complexity index is 1310. The van der Waals surface area contributed by atoms with Crippen molar-refractivity contribution in [2.75, 3.05) is 18.5 Å². The summed E-state index contributed by atoms with van der Waals surface area (Å²) < 4.78 is 14.3. The number of carbonyl (C=O) groups is 1. The molecule has 0 unspecified atom stereocenters. The summed E-state index contributed by atoms with van der Waals surface area (Å²) in [6, 6.07) is 15.4. The second-order valence-corrected chi connectivity index (χ2v) is 11.0. The third-order valence-corrected chi connectivity index (χ3v) is 7.40. The van der Waals surface area contributed by atoms with Gasteiger partial charge >= 0.3 is 0 Å². The largest absolute Gasteiger partial charge is 0.489 e. The lowest BCUT2D eigenvalue weighted by Gasteiger charge is -2.19. The number of hydrogen-bond acceptors (Lipinski definition) is 4. The molecule has 0 aliphatic heterocycles. The molecule has 0 aliphatic rings. The van der Waals surface area contributed by atoms with E-state index >= 15 is 0 Å². The molecule has 1 heterocycles. The van der Waals surface area contributed by atoms with Crippen molar-refractivity contribution in [2.45, 2.75) is 104 Å². The van der Waals surface area contributed by atoms with Gasteiger partial charge in [0.25, 0.3) is 5.56 Å². The minimum Gasteiger partial charge on any atom is -0.489 e. The molecule has 0 aliphatic carbocycles. The Morgan fingerprint density at radius 2 is 1.40 bits per heavy atom. The van der Waals surface area contributed by atoms with Gasteiger partial charge in [0, 0.05) is 23.7 Å². The van der Waals surface area contributed by atoms with Gasteiger partial charge in [0.15, 0.2) is 5.75 Å². The lowest BCUT2D eigenvalue weighted by Crippen LogP contribution is -2.24. The summed E-state index contributed by atoms with van der Waals surface area (Å²) >= 11 is 0. The topological polar surface area (TPSA) is 69.6 Å². The summed E-state index contributed by atoms with van der Waals surface area (Å²) in [5, 5.41) is 3.79. The average Bonchev–Trinajstić information content (AvgIpc) is 3.00. The fourth-order valence-corrected chi connectivity index (χ4v) is 4.96. The van der Waals surface area contributed by atoms with Gasteiger partial charge in [0.05, 0.1) is 18.7 Å². The number of anilines is 1. The highest BCUT2D eigenvalue weighted by Crippen LogP contribution is 2.35. The number of aromatic nitrogens is 1. The molecule has 1 aromatic heterocycles. The minimum absolute atomic E-state index is 0.163. The summed E-state index contributed by atoms with van der Waals surface area (Å²) in [4.78, 5) is 26.7. The lowest BCUT2D eigenvalue weighted by atomic mass is 10.1. The van der Waals surface area contributed by atoms with Gasteiger partial charge in [-0.05, 0) is 49.1 Å². The third-order valence-electron chi connectivity index (χ3n) is 7.40. The Hall–Kier alpha value is -3.54. The molecule has 228 valence electrons. The molecule has 0 spiro atoms. The molecule has 1 N–H and O–H groups in total. The van der Waals surface area contributed by atoms with E-state index in [0.717, 1.165) is 67.8 Å². The number of carbonyl (C=O) groups excluding carboxylic acids is 1. The molecule has 2 aromatic carbocycles. The van der Waals surface area contributed by atoms with Crippen LogP contribution in [0.1, 0.15) is 103 Å². The van der Waals surface area contributed by atoms with Gasteiger partial charge in [0.1, 0.15) is 0 Å². The van der Waals surface area contributed by atoms with Crippen LogP contribution in [-0.4, -0.2) is 23.7 Å². The summed E-state index contributed by atoms with van der Waals surface area (Å²) in [6.45, 7) is 8.11. The Labute approximate surface area is 252 Å². The molecule has 0 fully saturated rings. The van der Waals surface area contributed by atoms with E-state index in [4.69, 9.17) is 9.47 Å². The highest BCUT2D eigenvalue weighted by Gasteiger charge is 2.20. The van der Waals surface area contributed by atoms with Crippen LogP contribution in [0.4, 0.5) is 5.69 Å². The maximum absolute atomic E-state index is 14.0. The molecule has 0 saturated carbocycles. The molecule has 3 rings (SSSR count). The average molecular weight is 575 g/mol. The predicted molar refractivity (Wildman–Crippen MR) is 176 cm³/mol. The van der Waals surface area contributed by atoms with E-state index in [1.165, 1.54) is 31.8 Å². The van der Waals surface area contributed by atoms with E-state index in [2.05, 4.69) is 26.1 Å². The molecular formula is C36H50N2O4. The molecule has 1 amide bonds. The van der Waals surface area contributed by atoms with E-state index in [9.17, 15) is 9.59 Å². The first kappa shape index (κ1) is 33.0. The number of hydrogen-bond donors (Lipinski definition) is 1. The van der Waals surface area contributed by atoms with E-state index in [-0.39, 0.29) is 11.5 Å². The number of benzene rings is 2. The Morgan fingerprint density at radius 1 is 0.762 bits per heavy atom. The molecule has 0 bridgehead atoms. The van der Waals surface area contributed by atoms with Crippen LogP contribution in [0.5, 0.6) is 11.5 Å². The molecule has 42 heavy (non-hydrogen) atoms. The first-order valence-electron chi connectivity index (χ1n) is 16.1. The maximum atomic E-state index is 14.0. The number of nitrogens with one attached hydrogen (secondary N) is 1. The number of ether oxygens (including phenoxy) is 2. The lowest BCUT2D eigenvalue weighted by molar-refractivity contribution is -0.111. The van der Waals surface area contributed by atoms with Crippen LogP contribution in [0.2, 0.25) is 0 Å². The summed E-state index contributed by atoms with van der Waals surface area (Å²) in [7, 11) is 0. The van der Waals surface area contributed by atoms with Gasteiger partial charge in [-0.15, -0.1) is 0 Å². The second kappa shape index (κ2) is 18.8. The molecular weight excluding hydrogens is 524 g/mol. The van der Waals surface area contributed by atoms with Crippen molar-refractivity contribution in [1.82, 2.24) is 4.57 Å². The number of fused-ring (bicyclic) bond motifs is 1. The van der Waals surface area contributed by atoms with Gasteiger partial charge in [-0.1, -0.05) is 109 Å². The summed E-state index contributed by atoms with van der Waals surface area (Å²) in [6.07, 6.45) is 16.3. The smallest absolute Gasteiger partial charge is 0.297 e. The van der Waals surface area contributed by atoms with Crippen molar-refractivity contribution in [3.8, 4) is 11.5 Å². The van der Waals surface area contributed by atoms with Crippen molar-refractivity contribution in [3.63, 3.8) is 0 Å². The van der Waals surface area contributed by atoms with Crippen LogP contribution in [0.3, 0.4) is 0 Å².